The Labute approximate surface area is 183 Å². The Kier molecular flexibility index (Phi) is 7.08. The summed E-state index contributed by atoms with van der Waals surface area (Å²) in [6, 6.07) is 16.7. The van der Waals surface area contributed by atoms with Gasteiger partial charge >= 0.3 is 0 Å². The molecule has 160 valence electrons. The van der Waals surface area contributed by atoms with Gasteiger partial charge in [-0.25, -0.2) is 0 Å². The van der Waals surface area contributed by atoms with E-state index in [0.717, 1.165) is 11.1 Å². The van der Waals surface area contributed by atoms with E-state index in [-0.39, 0.29) is 23.6 Å². The molecule has 5 nitrogen and oxygen atoms in total. The standard InChI is InChI=1S/C26H28N2O3/c1-5-23(20-12-11-18(3)19(4)15-20)27-26(30)24(16-22-10-7-13-31-22)28-25(29)21-9-6-8-17(2)14-21/h6-16,23H,5H2,1-4H3,(H,27,30)(H,28,29)/b24-16-. The normalized spacial score (nSPS) is 12.3. The average Bonchev–Trinajstić information content (AvgIpc) is 3.26. The Hall–Kier alpha value is -3.60. The molecule has 0 aliphatic rings. The second kappa shape index (κ2) is 9.94. The lowest BCUT2D eigenvalue weighted by Gasteiger charge is -2.20. The summed E-state index contributed by atoms with van der Waals surface area (Å²) in [4.78, 5) is 25.9. The number of nitrogens with one attached hydrogen (secondary N) is 2. The van der Waals surface area contributed by atoms with Crippen molar-refractivity contribution in [2.24, 2.45) is 0 Å². The highest BCUT2D eigenvalue weighted by molar-refractivity contribution is 6.05. The second-order valence-electron chi connectivity index (χ2n) is 7.68. The molecule has 0 saturated carbocycles. The van der Waals surface area contributed by atoms with Crippen LogP contribution in [0, 0.1) is 20.8 Å². The van der Waals surface area contributed by atoms with Gasteiger partial charge in [-0.2, -0.15) is 0 Å². The van der Waals surface area contributed by atoms with Gasteiger partial charge in [-0.1, -0.05) is 42.8 Å². The lowest BCUT2D eigenvalue weighted by molar-refractivity contribution is -0.118. The molecule has 3 aromatic rings. The van der Waals surface area contributed by atoms with Gasteiger partial charge in [0.1, 0.15) is 11.5 Å². The zero-order chi connectivity index (χ0) is 22.4. The Morgan fingerprint density at radius 2 is 1.81 bits per heavy atom. The van der Waals surface area contributed by atoms with Gasteiger partial charge in [-0.15, -0.1) is 0 Å². The van der Waals surface area contributed by atoms with Gasteiger partial charge in [0.2, 0.25) is 0 Å². The molecule has 2 amide bonds. The van der Waals surface area contributed by atoms with Crippen molar-refractivity contribution in [1.29, 1.82) is 0 Å². The molecule has 0 bridgehead atoms. The van der Waals surface area contributed by atoms with Crippen LogP contribution in [0.15, 0.2) is 71.0 Å². The monoisotopic (exact) mass is 416 g/mol. The van der Waals surface area contributed by atoms with E-state index in [2.05, 4.69) is 36.6 Å². The predicted molar refractivity (Wildman–Crippen MR) is 122 cm³/mol. The minimum Gasteiger partial charge on any atom is -0.465 e. The van der Waals surface area contributed by atoms with Crippen LogP contribution in [0.4, 0.5) is 0 Å². The molecular weight excluding hydrogens is 388 g/mol. The summed E-state index contributed by atoms with van der Waals surface area (Å²) >= 11 is 0. The molecule has 3 rings (SSSR count). The van der Waals surface area contributed by atoms with E-state index in [1.807, 2.05) is 32.0 Å². The van der Waals surface area contributed by atoms with Gasteiger partial charge in [-0.3, -0.25) is 9.59 Å². The zero-order valence-corrected chi connectivity index (χ0v) is 18.4. The first-order valence-corrected chi connectivity index (χ1v) is 10.4. The third-order valence-corrected chi connectivity index (χ3v) is 5.25. The van der Waals surface area contributed by atoms with Gasteiger partial charge < -0.3 is 15.1 Å². The summed E-state index contributed by atoms with van der Waals surface area (Å²) < 4.78 is 5.36. The molecule has 0 saturated heterocycles. The number of furan rings is 1. The average molecular weight is 417 g/mol. The smallest absolute Gasteiger partial charge is 0.268 e. The maximum atomic E-state index is 13.2. The van der Waals surface area contributed by atoms with Crippen molar-refractivity contribution in [3.63, 3.8) is 0 Å². The van der Waals surface area contributed by atoms with Crippen molar-refractivity contribution in [1.82, 2.24) is 10.6 Å². The molecule has 0 fully saturated rings. The summed E-state index contributed by atoms with van der Waals surface area (Å²) in [6.45, 7) is 8.04. The van der Waals surface area contributed by atoms with Crippen LogP contribution in [0.3, 0.4) is 0 Å². The molecule has 1 unspecified atom stereocenters. The third-order valence-electron chi connectivity index (χ3n) is 5.25. The SMILES string of the molecule is CCC(NC(=O)/C(=C/c1ccco1)NC(=O)c1cccc(C)c1)c1ccc(C)c(C)c1. The van der Waals surface area contributed by atoms with Gasteiger partial charge in [0.25, 0.3) is 11.8 Å². The minimum atomic E-state index is -0.373. The number of hydrogen-bond acceptors (Lipinski definition) is 3. The molecule has 1 aromatic heterocycles. The fraction of sp³-hybridized carbons (Fsp3) is 0.231. The fourth-order valence-corrected chi connectivity index (χ4v) is 3.29. The van der Waals surface area contributed by atoms with E-state index in [9.17, 15) is 9.59 Å². The van der Waals surface area contributed by atoms with E-state index in [4.69, 9.17) is 4.42 Å². The number of hydrogen-bond donors (Lipinski definition) is 2. The number of benzene rings is 2. The quantitative estimate of drug-likeness (QED) is 0.517. The van der Waals surface area contributed by atoms with Crippen molar-refractivity contribution < 1.29 is 14.0 Å². The highest BCUT2D eigenvalue weighted by atomic mass is 16.3. The van der Waals surface area contributed by atoms with Crippen molar-refractivity contribution in [3.8, 4) is 0 Å². The first-order chi connectivity index (χ1) is 14.9. The summed E-state index contributed by atoms with van der Waals surface area (Å²) in [5.74, 6) is -0.243. The lowest BCUT2D eigenvalue weighted by Crippen LogP contribution is -2.36. The van der Waals surface area contributed by atoms with E-state index in [1.165, 1.54) is 23.5 Å². The van der Waals surface area contributed by atoms with E-state index < -0.39 is 0 Å². The fourth-order valence-electron chi connectivity index (χ4n) is 3.29. The number of aryl methyl sites for hydroxylation is 3. The molecule has 31 heavy (non-hydrogen) atoms. The molecule has 2 aromatic carbocycles. The van der Waals surface area contributed by atoms with Crippen LogP contribution in [-0.4, -0.2) is 11.8 Å². The highest BCUT2D eigenvalue weighted by Gasteiger charge is 2.19. The number of rotatable bonds is 7. The molecule has 2 N–H and O–H groups in total. The predicted octanol–water partition coefficient (Wildman–Crippen LogP) is 5.24. The second-order valence-corrected chi connectivity index (χ2v) is 7.68. The van der Waals surface area contributed by atoms with Gasteiger partial charge in [-0.05, 0) is 68.1 Å². The van der Waals surface area contributed by atoms with Crippen molar-refractivity contribution in [3.05, 3.63) is 100 Å². The van der Waals surface area contributed by atoms with Gasteiger partial charge in [0.05, 0.1) is 12.3 Å². The Morgan fingerprint density at radius 3 is 2.45 bits per heavy atom. The highest BCUT2D eigenvalue weighted by Crippen LogP contribution is 2.20. The molecule has 0 spiro atoms. The van der Waals surface area contributed by atoms with Crippen LogP contribution in [0.1, 0.15) is 57.8 Å². The number of carbonyl (C=O) groups is 2. The first-order valence-electron chi connectivity index (χ1n) is 10.4. The van der Waals surface area contributed by atoms with Gasteiger partial charge in [0.15, 0.2) is 0 Å². The van der Waals surface area contributed by atoms with Crippen LogP contribution in [-0.2, 0) is 4.79 Å². The Balaban J connectivity index is 1.85. The lowest BCUT2D eigenvalue weighted by atomic mass is 9.99. The Morgan fingerprint density at radius 1 is 1.00 bits per heavy atom. The summed E-state index contributed by atoms with van der Waals surface area (Å²) in [7, 11) is 0. The van der Waals surface area contributed by atoms with Crippen molar-refractivity contribution in [2.45, 2.75) is 40.2 Å². The van der Waals surface area contributed by atoms with Crippen LogP contribution in [0.5, 0.6) is 0 Å². The minimum absolute atomic E-state index is 0.128. The van der Waals surface area contributed by atoms with E-state index in [0.29, 0.717) is 17.7 Å². The molecule has 0 aliphatic carbocycles. The maximum Gasteiger partial charge on any atom is 0.268 e. The summed E-state index contributed by atoms with van der Waals surface area (Å²) in [5, 5.41) is 5.80. The summed E-state index contributed by atoms with van der Waals surface area (Å²) in [6.07, 6.45) is 3.78. The first kappa shape index (κ1) is 22.1. The number of amides is 2. The van der Waals surface area contributed by atoms with E-state index >= 15 is 0 Å². The van der Waals surface area contributed by atoms with Crippen molar-refractivity contribution in [2.75, 3.05) is 0 Å². The number of carbonyl (C=O) groups excluding carboxylic acids is 2. The molecule has 0 aliphatic heterocycles. The largest absolute Gasteiger partial charge is 0.465 e. The molecule has 0 radical (unpaired) electrons. The maximum absolute atomic E-state index is 13.2. The topological polar surface area (TPSA) is 71.3 Å². The van der Waals surface area contributed by atoms with Gasteiger partial charge in [0, 0.05) is 11.6 Å². The van der Waals surface area contributed by atoms with Crippen LogP contribution in [0.25, 0.3) is 6.08 Å². The molecular formula is C26H28N2O3. The van der Waals surface area contributed by atoms with Crippen LogP contribution >= 0.6 is 0 Å². The molecule has 5 heteroatoms. The molecule has 1 atom stereocenters. The zero-order valence-electron chi connectivity index (χ0n) is 18.4. The Bertz CT molecular complexity index is 1100. The van der Waals surface area contributed by atoms with Crippen molar-refractivity contribution >= 4 is 17.9 Å². The van der Waals surface area contributed by atoms with Crippen LogP contribution < -0.4 is 10.6 Å². The summed E-state index contributed by atoms with van der Waals surface area (Å²) in [5.41, 5.74) is 4.98. The van der Waals surface area contributed by atoms with E-state index in [1.54, 1.807) is 24.3 Å². The third kappa shape index (κ3) is 5.72. The van der Waals surface area contributed by atoms with Crippen LogP contribution in [0.2, 0.25) is 0 Å². The molecule has 1 heterocycles.